The van der Waals surface area contributed by atoms with Gasteiger partial charge in [-0.3, -0.25) is 9.59 Å². The molecule has 4 heteroatoms. The van der Waals surface area contributed by atoms with E-state index in [1.54, 1.807) is 19.3 Å². The van der Waals surface area contributed by atoms with Crippen LogP contribution in [0.2, 0.25) is 0 Å². The van der Waals surface area contributed by atoms with Gasteiger partial charge in [-0.05, 0) is 18.9 Å². The van der Waals surface area contributed by atoms with Crippen LogP contribution < -0.4 is 5.56 Å². The maximum atomic E-state index is 12.3. The molecule has 1 aliphatic heterocycles. The van der Waals surface area contributed by atoms with E-state index in [1.165, 1.54) is 29.9 Å². The summed E-state index contributed by atoms with van der Waals surface area (Å²) in [5.41, 5.74) is 0.381. The van der Waals surface area contributed by atoms with E-state index in [0.717, 1.165) is 25.9 Å². The molecule has 0 unspecified atom stereocenters. The predicted octanol–water partition coefficient (Wildman–Crippen LogP) is 1.79. The number of amides is 1. The Morgan fingerprint density at radius 1 is 1.11 bits per heavy atom. The van der Waals surface area contributed by atoms with Gasteiger partial charge < -0.3 is 9.47 Å². The first-order chi connectivity index (χ1) is 8.68. The molecular formula is C14H20N2O2. The van der Waals surface area contributed by atoms with Crippen molar-refractivity contribution in [3.63, 3.8) is 0 Å². The maximum Gasteiger partial charge on any atom is 0.254 e. The minimum atomic E-state index is -0.132. The number of hydrogen-bond acceptors (Lipinski definition) is 2. The molecule has 0 spiro atoms. The summed E-state index contributed by atoms with van der Waals surface area (Å²) in [4.78, 5) is 25.7. The summed E-state index contributed by atoms with van der Waals surface area (Å²) in [5, 5.41) is 0. The number of hydrogen-bond donors (Lipinski definition) is 0. The van der Waals surface area contributed by atoms with E-state index in [-0.39, 0.29) is 11.5 Å². The van der Waals surface area contributed by atoms with Crippen molar-refractivity contribution in [2.24, 2.45) is 7.05 Å². The van der Waals surface area contributed by atoms with Crippen molar-refractivity contribution in [2.75, 3.05) is 13.1 Å². The second-order valence-corrected chi connectivity index (χ2v) is 4.92. The lowest BCUT2D eigenvalue weighted by Gasteiger charge is -2.24. The van der Waals surface area contributed by atoms with Gasteiger partial charge in [-0.1, -0.05) is 19.3 Å². The van der Waals surface area contributed by atoms with Crippen molar-refractivity contribution in [3.8, 4) is 0 Å². The van der Waals surface area contributed by atoms with E-state index < -0.39 is 0 Å². The molecule has 0 bridgehead atoms. The van der Waals surface area contributed by atoms with E-state index >= 15 is 0 Å². The lowest BCUT2D eigenvalue weighted by atomic mass is 10.1. The van der Waals surface area contributed by atoms with Crippen LogP contribution in [0.3, 0.4) is 0 Å². The minimum Gasteiger partial charge on any atom is -0.339 e. The van der Waals surface area contributed by atoms with E-state index in [9.17, 15) is 9.59 Å². The van der Waals surface area contributed by atoms with Crippen LogP contribution in [-0.4, -0.2) is 28.5 Å². The fourth-order valence-corrected chi connectivity index (χ4v) is 2.31. The Bertz CT molecular complexity index is 471. The van der Waals surface area contributed by atoms with Crippen LogP contribution in [0.15, 0.2) is 23.1 Å². The van der Waals surface area contributed by atoms with E-state index in [0.29, 0.717) is 5.56 Å². The van der Waals surface area contributed by atoms with Crippen molar-refractivity contribution in [3.05, 3.63) is 34.2 Å². The summed E-state index contributed by atoms with van der Waals surface area (Å²) >= 11 is 0. The Hall–Kier alpha value is -1.58. The van der Waals surface area contributed by atoms with Gasteiger partial charge in [0.25, 0.3) is 11.5 Å². The van der Waals surface area contributed by atoms with Crippen molar-refractivity contribution < 1.29 is 4.79 Å². The number of carbonyl (C=O) groups is 1. The zero-order valence-corrected chi connectivity index (χ0v) is 10.9. The number of pyridine rings is 1. The van der Waals surface area contributed by atoms with Crippen LogP contribution in [0.1, 0.15) is 42.5 Å². The molecular weight excluding hydrogens is 228 g/mol. The Balaban J connectivity index is 2.13. The molecule has 98 valence electrons. The van der Waals surface area contributed by atoms with Gasteiger partial charge in [0, 0.05) is 38.0 Å². The quantitative estimate of drug-likeness (QED) is 0.760. The number of nitrogens with zero attached hydrogens (tertiary/aromatic N) is 2. The van der Waals surface area contributed by atoms with Crippen molar-refractivity contribution in [1.29, 1.82) is 0 Å². The Morgan fingerprint density at radius 2 is 1.72 bits per heavy atom. The molecule has 0 aromatic carbocycles. The molecule has 4 nitrogen and oxygen atoms in total. The van der Waals surface area contributed by atoms with Crippen LogP contribution in [0.5, 0.6) is 0 Å². The molecule has 18 heavy (non-hydrogen) atoms. The van der Waals surface area contributed by atoms with Crippen LogP contribution in [0, 0.1) is 0 Å². The first-order valence-electron chi connectivity index (χ1n) is 6.64. The lowest BCUT2D eigenvalue weighted by Crippen LogP contribution is -2.34. The second-order valence-electron chi connectivity index (χ2n) is 4.92. The molecule has 1 fully saturated rings. The number of aromatic nitrogens is 1. The average Bonchev–Trinajstić information content (AvgIpc) is 2.31. The molecule has 2 heterocycles. The highest BCUT2D eigenvalue weighted by atomic mass is 16.2. The lowest BCUT2D eigenvalue weighted by molar-refractivity contribution is 0.0742. The van der Waals surface area contributed by atoms with Gasteiger partial charge in [-0.25, -0.2) is 0 Å². The average molecular weight is 248 g/mol. The summed E-state index contributed by atoms with van der Waals surface area (Å²) in [6.07, 6.45) is 7.45. The van der Waals surface area contributed by atoms with E-state index in [2.05, 4.69) is 0 Å². The third-order valence-corrected chi connectivity index (χ3v) is 3.49. The van der Waals surface area contributed by atoms with Gasteiger partial charge in [0.1, 0.15) is 0 Å². The SMILES string of the molecule is Cn1ccc(C(=O)N2CCCCCCC2)cc1=O. The van der Waals surface area contributed by atoms with Gasteiger partial charge in [0.05, 0.1) is 0 Å². The molecule has 1 saturated heterocycles. The van der Waals surface area contributed by atoms with Gasteiger partial charge in [-0.2, -0.15) is 0 Å². The Kier molecular flexibility index (Phi) is 4.18. The standard InChI is InChI=1S/C14H20N2O2/c1-15-10-7-12(11-13(15)17)14(18)16-8-5-3-2-4-6-9-16/h7,10-11H,2-6,8-9H2,1H3. The van der Waals surface area contributed by atoms with Crippen molar-refractivity contribution in [1.82, 2.24) is 9.47 Å². The molecule has 2 rings (SSSR count). The van der Waals surface area contributed by atoms with Gasteiger partial charge in [0.15, 0.2) is 0 Å². The fraction of sp³-hybridized carbons (Fsp3) is 0.571. The molecule has 0 radical (unpaired) electrons. The normalized spacial score (nSPS) is 17.1. The first kappa shape index (κ1) is 12.9. The first-order valence-corrected chi connectivity index (χ1v) is 6.64. The number of carbonyl (C=O) groups excluding carboxylic acids is 1. The van der Waals surface area contributed by atoms with Gasteiger partial charge in [-0.15, -0.1) is 0 Å². The fourth-order valence-electron chi connectivity index (χ4n) is 2.31. The molecule has 1 amide bonds. The predicted molar refractivity (Wildman–Crippen MR) is 70.7 cm³/mol. The highest BCUT2D eigenvalue weighted by Crippen LogP contribution is 2.12. The van der Waals surface area contributed by atoms with Crippen molar-refractivity contribution >= 4 is 5.91 Å². The zero-order chi connectivity index (χ0) is 13.0. The van der Waals surface area contributed by atoms with E-state index in [1.807, 2.05) is 4.90 Å². The van der Waals surface area contributed by atoms with Crippen LogP contribution in [0.25, 0.3) is 0 Å². The van der Waals surface area contributed by atoms with Crippen LogP contribution >= 0.6 is 0 Å². The van der Waals surface area contributed by atoms with E-state index in [4.69, 9.17) is 0 Å². The summed E-state index contributed by atoms with van der Waals surface area (Å²) in [6, 6.07) is 3.16. The molecule has 0 saturated carbocycles. The summed E-state index contributed by atoms with van der Waals surface area (Å²) in [5.74, 6) is -0.00500. The summed E-state index contributed by atoms with van der Waals surface area (Å²) in [7, 11) is 1.69. The second kappa shape index (κ2) is 5.85. The molecule has 0 atom stereocenters. The third-order valence-electron chi connectivity index (χ3n) is 3.49. The summed E-state index contributed by atoms with van der Waals surface area (Å²) < 4.78 is 1.48. The van der Waals surface area contributed by atoms with Gasteiger partial charge in [0.2, 0.25) is 0 Å². The number of likely N-dealkylation sites (tertiary alicyclic amines) is 1. The smallest absolute Gasteiger partial charge is 0.254 e. The molecule has 1 aromatic rings. The Morgan fingerprint density at radius 3 is 2.33 bits per heavy atom. The molecule has 1 aliphatic rings. The highest BCUT2D eigenvalue weighted by Gasteiger charge is 2.16. The minimum absolute atomic E-state index is 0.00500. The number of aryl methyl sites for hydroxylation is 1. The molecule has 1 aromatic heterocycles. The Labute approximate surface area is 107 Å². The maximum absolute atomic E-state index is 12.3. The number of rotatable bonds is 1. The van der Waals surface area contributed by atoms with Crippen molar-refractivity contribution in [2.45, 2.75) is 32.1 Å². The van der Waals surface area contributed by atoms with Crippen LogP contribution in [0.4, 0.5) is 0 Å². The molecule has 0 N–H and O–H groups in total. The van der Waals surface area contributed by atoms with Gasteiger partial charge >= 0.3 is 0 Å². The topological polar surface area (TPSA) is 42.3 Å². The monoisotopic (exact) mass is 248 g/mol. The molecule has 0 aliphatic carbocycles. The third kappa shape index (κ3) is 3.00. The van der Waals surface area contributed by atoms with Crippen LogP contribution in [-0.2, 0) is 7.05 Å². The highest BCUT2D eigenvalue weighted by molar-refractivity contribution is 5.94. The largest absolute Gasteiger partial charge is 0.339 e. The summed E-state index contributed by atoms with van der Waals surface area (Å²) in [6.45, 7) is 1.63. The zero-order valence-electron chi connectivity index (χ0n) is 10.9.